The van der Waals surface area contributed by atoms with E-state index in [1.807, 2.05) is 0 Å². The molecule has 0 amide bonds. The van der Waals surface area contributed by atoms with Gasteiger partial charge in [0.15, 0.2) is 0 Å². The number of carbonyl (C=O) groups excluding carboxylic acids is 2. The van der Waals surface area contributed by atoms with Gasteiger partial charge in [0.05, 0.1) is 24.7 Å². The standard InChI is InChI=1S/C10H10N2O6/c1-17-9(13)5-4-8(12(15)16)6(3-7(5)11)10(14)18-2/h3-4H,11H2,1-2H3. The molecule has 1 aromatic carbocycles. The third-order valence-electron chi connectivity index (χ3n) is 2.18. The van der Waals surface area contributed by atoms with Gasteiger partial charge >= 0.3 is 11.9 Å². The summed E-state index contributed by atoms with van der Waals surface area (Å²) in [7, 11) is 2.19. The number of nitro groups is 1. The number of nitro benzene ring substituents is 1. The molecule has 0 radical (unpaired) electrons. The Bertz CT molecular complexity index is 525. The van der Waals surface area contributed by atoms with Gasteiger partial charge in [0.25, 0.3) is 5.69 Å². The van der Waals surface area contributed by atoms with Crippen LogP contribution in [0.25, 0.3) is 0 Å². The van der Waals surface area contributed by atoms with Crippen molar-refractivity contribution < 1.29 is 24.0 Å². The number of anilines is 1. The first kappa shape index (κ1) is 13.4. The number of hydrogen-bond donors (Lipinski definition) is 1. The predicted molar refractivity (Wildman–Crippen MR) is 60.2 cm³/mol. The topological polar surface area (TPSA) is 122 Å². The molecule has 0 saturated heterocycles. The predicted octanol–water partition coefficient (Wildman–Crippen LogP) is 0.750. The summed E-state index contributed by atoms with van der Waals surface area (Å²) in [5, 5.41) is 10.8. The molecule has 0 heterocycles. The fourth-order valence-electron chi connectivity index (χ4n) is 1.32. The van der Waals surface area contributed by atoms with E-state index < -0.39 is 22.5 Å². The minimum Gasteiger partial charge on any atom is -0.465 e. The first-order chi connectivity index (χ1) is 8.42. The Balaban J connectivity index is 3.48. The molecule has 0 spiro atoms. The molecule has 2 N–H and O–H groups in total. The molecular weight excluding hydrogens is 244 g/mol. The van der Waals surface area contributed by atoms with Gasteiger partial charge in [0.1, 0.15) is 5.56 Å². The largest absolute Gasteiger partial charge is 0.465 e. The average Bonchev–Trinajstić information content (AvgIpc) is 2.36. The molecule has 8 nitrogen and oxygen atoms in total. The van der Waals surface area contributed by atoms with Crippen LogP contribution in [0, 0.1) is 10.1 Å². The number of ether oxygens (including phenoxy) is 2. The summed E-state index contributed by atoms with van der Waals surface area (Å²) >= 11 is 0. The second kappa shape index (κ2) is 5.13. The molecule has 1 aromatic rings. The van der Waals surface area contributed by atoms with E-state index in [4.69, 9.17) is 5.73 Å². The minimum absolute atomic E-state index is 0.104. The summed E-state index contributed by atoms with van der Waals surface area (Å²) in [6.45, 7) is 0. The van der Waals surface area contributed by atoms with Gasteiger partial charge in [-0.3, -0.25) is 10.1 Å². The lowest BCUT2D eigenvalue weighted by molar-refractivity contribution is -0.385. The molecule has 8 heteroatoms. The molecule has 18 heavy (non-hydrogen) atoms. The van der Waals surface area contributed by atoms with Crippen LogP contribution in [-0.2, 0) is 9.47 Å². The minimum atomic E-state index is -0.912. The lowest BCUT2D eigenvalue weighted by atomic mass is 10.1. The highest BCUT2D eigenvalue weighted by atomic mass is 16.6. The zero-order chi connectivity index (χ0) is 13.9. The number of esters is 2. The molecule has 0 bridgehead atoms. The summed E-state index contributed by atoms with van der Waals surface area (Å²) in [4.78, 5) is 32.7. The van der Waals surface area contributed by atoms with Gasteiger partial charge in [0.2, 0.25) is 0 Å². The van der Waals surface area contributed by atoms with Crippen molar-refractivity contribution >= 4 is 23.3 Å². The van der Waals surface area contributed by atoms with E-state index in [1.165, 1.54) is 0 Å². The molecule has 0 unspecified atom stereocenters. The molecule has 0 aliphatic carbocycles. The van der Waals surface area contributed by atoms with Crippen LogP contribution in [0.1, 0.15) is 20.7 Å². The third kappa shape index (κ3) is 2.37. The van der Waals surface area contributed by atoms with Crippen molar-refractivity contribution in [3.63, 3.8) is 0 Å². The van der Waals surface area contributed by atoms with Crippen LogP contribution < -0.4 is 5.73 Å². The zero-order valence-corrected chi connectivity index (χ0v) is 9.63. The Morgan fingerprint density at radius 1 is 1.17 bits per heavy atom. The maximum absolute atomic E-state index is 11.3. The van der Waals surface area contributed by atoms with Crippen LogP contribution in [-0.4, -0.2) is 31.1 Å². The van der Waals surface area contributed by atoms with Crippen molar-refractivity contribution in [3.8, 4) is 0 Å². The number of benzene rings is 1. The highest BCUT2D eigenvalue weighted by molar-refractivity contribution is 6.01. The number of hydrogen-bond acceptors (Lipinski definition) is 7. The van der Waals surface area contributed by atoms with Crippen molar-refractivity contribution in [1.29, 1.82) is 0 Å². The summed E-state index contributed by atoms with van der Waals surface area (Å²) in [6, 6.07) is 1.89. The summed E-state index contributed by atoms with van der Waals surface area (Å²) < 4.78 is 8.81. The van der Waals surface area contributed by atoms with E-state index in [0.29, 0.717) is 0 Å². The molecule has 96 valence electrons. The average molecular weight is 254 g/mol. The van der Waals surface area contributed by atoms with Crippen LogP contribution in [0.4, 0.5) is 11.4 Å². The van der Waals surface area contributed by atoms with E-state index in [2.05, 4.69) is 9.47 Å². The van der Waals surface area contributed by atoms with E-state index in [9.17, 15) is 19.7 Å². The smallest absolute Gasteiger partial charge is 0.344 e. The van der Waals surface area contributed by atoms with E-state index in [-0.39, 0.29) is 16.8 Å². The van der Waals surface area contributed by atoms with E-state index in [0.717, 1.165) is 26.4 Å². The molecule has 1 rings (SSSR count). The van der Waals surface area contributed by atoms with E-state index in [1.54, 1.807) is 0 Å². The normalized spacial score (nSPS) is 9.67. The Kier molecular flexibility index (Phi) is 3.82. The monoisotopic (exact) mass is 254 g/mol. The Morgan fingerprint density at radius 3 is 2.11 bits per heavy atom. The molecule has 0 aromatic heterocycles. The number of nitrogens with two attached hydrogens (primary N) is 1. The number of nitrogen functional groups attached to an aromatic ring is 1. The second-order valence-electron chi connectivity index (χ2n) is 3.20. The molecule has 0 fully saturated rings. The van der Waals surface area contributed by atoms with Gasteiger partial charge in [-0.15, -0.1) is 0 Å². The summed E-state index contributed by atoms with van der Waals surface area (Å²) in [5.74, 6) is -1.74. The molecule has 0 saturated carbocycles. The third-order valence-corrected chi connectivity index (χ3v) is 2.18. The maximum atomic E-state index is 11.3. The van der Waals surface area contributed by atoms with Crippen LogP contribution in [0.15, 0.2) is 12.1 Å². The Hall–Kier alpha value is -2.64. The Morgan fingerprint density at radius 2 is 1.67 bits per heavy atom. The number of methoxy groups -OCH3 is 2. The van der Waals surface area contributed by atoms with Gasteiger partial charge < -0.3 is 15.2 Å². The maximum Gasteiger partial charge on any atom is 0.344 e. The van der Waals surface area contributed by atoms with Crippen molar-refractivity contribution in [2.24, 2.45) is 0 Å². The van der Waals surface area contributed by atoms with Gasteiger partial charge in [-0.05, 0) is 6.07 Å². The molecule has 0 atom stereocenters. The van der Waals surface area contributed by atoms with Crippen molar-refractivity contribution in [2.75, 3.05) is 20.0 Å². The fraction of sp³-hybridized carbons (Fsp3) is 0.200. The summed E-state index contributed by atoms with van der Waals surface area (Å²) in [6.07, 6.45) is 0. The highest BCUT2D eigenvalue weighted by Gasteiger charge is 2.25. The van der Waals surface area contributed by atoms with Gasteiger partial charge in [-0.2, -0.15) is 0 Å². The van der Waals surface area contributed by atoms with E-state index >= 15 is 0 Å². The van der Waals surface area contributed by atoms with Crippen molar-refractivity contribution in [3.05, 3.63) is 33.4 Å². The first-order valence-electron chi connectivity index (χ1n) is 4.67. The van der Waals surface area contributed by atoms with Gasteiger partial charge in [0, 0.05) is 11.8 Å². The van der Waals surface area contributed by atoms with Crippen LogP contribution in [0.2, 0.25) is 0 Å². The lowest BCUT2D eigenvalue weighted by Crippen LogP contribution is -2.11. The zero-order valence-electron chi connectivity index (χ0n) is 9.63. The van der Waals surface area contributed by atoms with Gasteiger partial charge in [-0.25, -0.2) is 9.59 Å². The van der Waals surface area contributed by atoms with Gasteiger partial charge in [-0.1, -0.05) is 0 Å². The fourth-order valence-corrected chi connectivity index (χ4v) is 1.32. The second-order valence-corrected chi connectivity index (χ2v) is 3.20. The Labute approximate surface area is 101 Å². The van der Waals surface area contributed by atoms with Crippen LogP contribution in [0.5, 0.6) is 0 Å². The lowest BCUT2D eigenvalue weighted by Gasteiger charge is -2.06. The number of nitrogens with zero attached hydrogens (tertiary/aromatic N) is 1. The highest BCUT2D eigenvalue weighted by Crippen LogP contribution is 2.26. The number of rotatable bonds is 3. The van der Waals surface area contributed by atoms with Crippen LogP contribution >= 0.6 is 0 Å². The quantitative estimate of drug-likeness (QED) is 0.365. The SMILES string of the molecule is COC(=O)c1cc([N+](=O)[O-])c(C(=O)OC)cc1N. The summed E-state index contributed by atoms with van der Waals surface area (Å²) in [5.41, 5.74) is 4.34. The first-order valence-corrected chi connectivity index (χ1v) is 4.67. The van der Waals surface area contributed by atoms with Crippen molar-refractivity contribution in [1.82, 2.24) is 0 Å². The van der Waals surface area contributed by atoms with Crippen LogP contribution in [0.3, 0.4) is 0 Å². The molecular formula is C10H10N2O6. The molecule has 0 aliphatic heterocycles. The van der Waals surface area contributed by atoms with Crippen molar-refractivity contribution in [2.45, 2.75) is 0 Å². The molecule has 0 aliphatic rings. The number of carbonyl (C=O) groups is 2.